The van der Waals surface area contributed by atoms with E-state index < -0.39 is 5.91 Å². The van der Waals surface area contributed by atoms with Crippen molar-refractivity contribution < 1.29 is 19.4 Å². The van der Waals surface area contributed by atoms with Gasteiger partial charge in [-0.05, 0) is 55.0 Å². The predicted octanol–water partition coefficient (Wildman–Crippen LogP) is 4.00. The van der Waals surface area contributed by atoms with E-state index in [0.29, 0.717) is 23.6 Å². The number of phenolic OH excluding ortho intramolecular Hbond substituents is 1. The zero-order chi connectivity index (χ0) is 19.1. The van der Waals surface area contributed by atoms with Gasteiger partial charge in [-0.15, -0.1) is 0 Å². The molecule has 0 fully saturated rings. The Morgan fingerprint density at radius 3 is 2.62 bits per heavy atom. The normalized spacial score (nSPS) is 10.8. The SMILES string of the molecule is CCOc1ccc(NC(=O)/C(C#N)=C/c2cc(Cl)c(O)c(OC)c2)cc1. The number of amides is 1. The Hall–Kier alpha value is -3.17. The quantitative estimate of drug-likeness (QED) is 0.590. The van der Waals surface area contributed by atoms with Crippen molar-refractivity contribution in [3.63, 3.8) is 0 Å². The molecule has 6 nitrogen and oxygen atoms in total. The van der Waals surface area contributed by atoms with E-state index >= 15 is 0 Å². The number of halogens is 1. The van der Waals surface area contributed by atoms with Crippen molar-refractivity contribution in [3.05, 3.63) is 52.6 Å². The van der Waals surface area contributed by atoms with Gasteiger partial charge in [0.25, 0.3) is 5.91 Å². The fourth-order valence-electron chi connectivity index (χ4n) is 2.15. The van der Waals surface area contributed by atoms with Gasteiger partial charge in [0, 0.05) is 5.69 Å². The third kappa shape index (κ3) is 4.68. The summed E-state index contributed by atoms with van der Waals surface area (Å²) in [5.41, 5.74) is 0.853. The van der Waals surface area contributed by atoms with Gasteiger partial charge in [-0.3, -0.25) is 4.79 Å². The van der Waals surface area contributed by atoms with E-state index in [1.165, 1.54) is 25.3 Å². The summed E-state index contributed by atoms with van der Waals surface area (Å²) in [6.07, 6.45) is 1.36. The van der Waals surface area contributed by atoms with Gasteiger partial charge < -0.3 is 19.9 Å². The van der Waals surface area contributed by atoms with Gasteiger partial charge in [-0.2, -0.15) is 5.26 Å². The molecule has 0 unspecified atom stereocenters. The highest BCUT2D eigenvalue weighted by Gasteiger charge is 2.12. The molecule has 1 amide bonds. The number of ether oxygens (including phenoxy) is 2. The van der Waals surface area contributed by atoms with Crippen LogP contribution in [0.25, 0.3) is 6.08 Å². The van der Waals surface area contributed by atoms with Crippen LogP contribution >= 0.6 is 11.6 Å². The summed E-state index contributed by atoms with van der Waals surface area (Å²) in [6.45, 7) is 2.43. The van der Waals surface area contributed by atoms with Crippen molar-refractivity contribution in [2.24, 2.45) is 0 Å². The van der Waals surface area contributed by atoms with Crippen LogP contribution in [0.5, 0.6) is 17.2 Å². The highest BCUT2D eigenvalue weighted by Crippen LogP contribution is 2.35. The fourth-order valence-corrected chi connectivity index (χ4v) is 2.37. The number of hydrogen-bond donors (Lipinski definition) is 2. The second-order valence-electron chi connectivity index (χ2n) is 5.13. The molecule has 0 atom stereocenters. The number of aromatic hydroxyl groups is 1. The van der Waals surface area contributed by atoms with Crippen molar-refractivity contribution in [1.29, 1.82) is 5.26 Å². The Morgan fingerprint density at radius 1 is 1.35 bits per heavy atom. The number of nitrogens with one attached hydrogen (secondary N) is 1. The van der Waals surface area contributed by atoms with Gasteiger partial charge in [0.2, 0.25) is 0 Å². The molecule has 2 N–H and O–H groups in total. The van der Waals surface area contributed by atoms with E-state index in [4.69, 9.17) is 21.1 Å². The maximum absolute atomic E-state index is 12.3. The molecule has 0 saturated carbocycles. The van der Waals surface area contributed by atoms with E-state index in [1.807, 2.05) is 13.0 Å². The summed E-state index contributed by atoms with van der Waals surface area (Å²) < 4.78 is 10.3. The molecule has 0 aliphatic heterocycles. The number of anilines is 1. The van der Waals surface area contributed by atoms with E-state index in [1.54, 1.807) is 24.3 Å². The molecule has 0 radical (unpaired) electrons. The zero-order valence-corrected chi connectivity index (χ0v) is 15.0. The minimum atomic E-state index is -0.570. The highest BCUT2D eigenvalue weighted by atomic mass is 35.5. The lowest BCUT2D eigenvalue weighted by Crippen LogP contribution is -2.13. The third-order valence-electron chi connectivity index (χ3n) is 3.37. The van der Waals surface area contributed by atoms with Crippen LogP contribution in [0.2, 0.25) is 5.02 Å². The van der Waals surface area contributed by atoms with E-state index in [-0.39, 0.29) is 22.1 Å². The second-order valence-corrected chi connectivity index (χ2v) is 5.54. The van der Waals surface area contributed by atoms with Crippen molar-refractivity contribution >= 4 is 29.3 Å². The largest absolute Gasteiger partial charge is 0.503 e. The average molecular weight is 373 g/mol. The molecule has 0 saturated heterocycles. The average Bonchev–Trinajstić information content (AvgIpc) is 2.64. The van der Waals surface area contributed by atoms with Crippen LogP contribution in [0.1, 0.15) is 12.5 Å². The topological polar surface area (TPSA) is 91.6 Å². The van der Waals surface area contributed by atoms with Crippen LogP contribution in [0, 0.1) is 11.3 Å². The molecule has 134 valence electrons. The number of phenols is 1. The Morgan fingerprint density at radius 2 is 2.04 bits per heavy atom. The number of carbonyl (C=O) groups excluding carboxylic acids is 1. The van der Waals surface area contributed by atoms with Crippen LogP contribution in [0.15, 0.2) is 42.0 Å². The van der Waals surface area contributed by atoms with Gasteiger partial charge in [-0.1, -0.05) is 11.6 Å². The molecule has 26 heavy (non-hydrogen) atoms. The van der Waals surface area contributed by atoms with Gasteiger partial charge in [-0.25, -0.2) is 0 Å². The minimum Gasteiger partial charge on any atom is -0.503 e. The summed E-state index contributed by atoms with van der Waals surface area (Å²) in [5, 5.41) is 21.7. The Labute approximate surface area is 156 Å². The number of benzene rings is 2. The molecule has 0 aromatic heterocycles. The summed E-state index contributed by atoms with van der Waals surface area (Å²) >= 11 is 5.92. The van der Waals surface area contributed by atoms with E-state index in [2.05, 4.69) is 5.32 Å². The van der Waals surface area contributed by atoms with Crippen LogP contribution in [-0.4, -0.2) is 24.7 Å². The van der Waals surface area contributed by atoms with Gasteiger partial charge in [0.1, 0.15) is 17.4 Å². The molecule has 0 bridgehead atoms. The van der Waals surface area contributed by atoms with Crippen molar-refractivity contribution in [1.82, 2.24) is 0 Å². The number of nitrogens with zero attached hydrogens (tertiary/aromatic N) is 1. The van der Waals surface area contributed by atoms with Crippen LogP contribution in [-0.2, 0) is 4.79 Å². The van der Waals surface area contributed by atoms with E-state index in [9.17, 15) is 15.2 Å². The minimum absolute atomic E-state index is 0.0554. The first-order valence-electron chi connectivity index (χ1n) is 7.71. The monoisotopic (exact) mass is 372 g/mol. The summed E-state index contributed by atoms with van der Waals surface area (Å²) in [7, 11) is 1.38. The lowest BCUT2D eigenvalue weighted by atomic mass is 10.1. The van der Waals surface area contributed by atoms with Gasteiger partial charge in [0.15, 0.2) is 11.5 Å². The standard InChI is InChI=1S/C19H17ClN2O4/c1-3-26-15-6-4-14(5-7-15)22-19(24)13(11-21)8-12-9-16(20)18(23)17(10-12)25-2/h4-10,23H,3H2,1-2H3,(H,22,24)/b13-8+. The summed E-state index contributed by atoms with van der Waals surface area (Å²) in [5.74, 6) is 0.0591. The van der Waals surface area contributed by atoms with Crippen LogP contribution in [0.3, 0.4) is 0 Å². The number of hydrogen-bond acceptors (Lipinski definition) is 5. The predicted molar refractivity (Wildman–Crippen MR) is 99.5 cm³/mol. The van der Waals surface area contributed by atoms with Crippen molar-refractivity contribution in [3.8, 4) is 23.3 Å². The molecule has 7 heteroatoms. The molecule has 2 aromatic rings. The maximum atomic E-state index is 12.3. The Balaban J connectivity index is 2.22. The molecular formula is C19H17ClN2O4. The Bertz CT molecular complexity index is 870. The first-order chi connectivity index (χ1) is 12.5. The molecule has 0 aliphatic carbocycles. The number of methoxy groups -OCH3 is 1. The summed E-state index contributed by atoms with van der Waals surface area (Å²) in [4.78, 5) is 12.3. The first-order valence-corrected chi connectivity index (χ1v) is 8.08. The van der Waals surface area contributed by atoms with E-state index in [0.717, 1.165) is 0 Å². The number of carbonyl (C=O) groups is 1. The first kappa shape index (κ1) is 19.2. The van der Waals surface area contributed by atoms with Gasteiger partial charge >= 0.3 is 0 Å². The molecule has 2 rings (SSSR count). The third-order valence-corrected chi connectivity index (χ3v) is 3.66. The van der Waals surface area contributed by atoms with Gasteiger partial charge in [0.05, 0.1) is 18.7 Å². The summed E-state index contributed by atoms with van der Waals surface area (Å²) in [6, 6.07) is 11.6. The zero-order valence-electron chi connectivity index (χ0n) is 14.2. The molecule has 0 heterocycles. The number of rotatable bonds is 6. The smallest absolute Gasteiger partial charge is 0.266 e. The van der Waals surface area contributed by atoms with Crippen molar-refractivity contribution in [2.75, 3.05) is 19.0 Å². The maximum Gasteiger partial charge on any atom is 0.266 e. The number of nitriles is 1. The van der Waals surface area contributed by atoms with Crippen LogP contribution < -0.4 is 14.8 Å². The highest BCUT2D eigenvalue weighted by molar-refractivity contribution is 6.32. The molecular weight excluding hydrogens is 356 g/mol. The molecule has 0 spiro atoms. The Kier molecular flexibility index (Phi) is 6.48. The molecule has 2 aromatic carbocycles. The van der Waals surface area contributed by atoms with Crippen LogP contribution in [0.4, 0.5) is 5.69 Å². The lowest BCUT2D eigenvalue weighted by Gasteiger charge is -2.08. The lowest BCUT2D eigenvalue weighted by molar-refractivity contribution is -0.112. The fraction of sp³-hybridized carbons (Fsp3) is 0.158. The second kappa shape index (κ2) is 8.79. The van der Waals surface area contributed by atoms with Crippen molar-refractivity contribution in [2.45, 2.75) is 6.92 Å². The molecule has 0 aliphatic rings.